The quantitative estimate of drug-likeness (QED) is 0.767. The van der Waals surface area contributed by atoms with Crippen LogP contribution >= 0.6 is 11.3 Å². The predicted molar refractivity (Wildman–Crippen MR) is 85.3 cm³/mol. The van der Waals surface area contributed by atoms with E-state index in [1.165, 1.54) is 4.88 Å². The Labute approximate surface area is 131 Å². The topological polar surface area (TPSA) is 96.6 Å². The SMILES string of the molecule is Cc1ncsc1CN1CCCC1c1nc(N)c2[nH]cnc2n1. The minimum absolute atomic E-state index is 0.199. The van der Waals surface area contributed by atoms with Crippen LogP contribution in [0.25, 0.3) is 11.2 Å². The van der Waals surface area contributed by atoms with E-state index in [4.69, 9.17) is 5.73 Å². The monoisotopic (exact) mass is 315 g/mol. The Bertz CT molecular complexity index is 808. The number of rotatable bonds is 3. The number of thiazole rings is 1. The van der Waals surface area contributed by atoms with Gasteiger partial charge in [-0.1, -0.05) is 0 Å². The number of aromatic amines is 1. The van der Waals surface area contributed by atoms with Gasteiger partial charge < -0.3 is 10.7 Å². The average Bonchev–Trinajstić information content (AvgIpc) is 3.21. The maximum absolute atomic E-state index is 6.03. The molecule has 8 heteroatoms. The number of aryl methyl sites for hydroxylation is 1. The van der Waals surface area contributed by atoms with Gasteiger partial charge in [0, 0.05) is 11.4 Å². The van der Waals surface area contributed by atoms with Crippen LogP contribution in [0.3, 0.4) is 0 Å². The molecule has 0 amide bonds. The molecule has 1 aliphatic heterocycles. The molecule has 22 heavy (non-hydrogen) atoms. The number of nitrogen functional groups attached to an aromatic ring is 1. The number of fused-ring (bicyclic) bond motifs is 1. The van der Waals surface area contributed by atoms with E-state index in [0.717, 1.165) is 37.4 Å². The van der Waals surface area contributed by atoms with Crippen molar-refractivity contribution in [1.29, 1.82) is 0 Å². The van der Waals surface area contributed by atoms with Gasteiger partial charge in [0.15, 0.2) is 17.3 Å². The van der Waals surface area contributed by atoms with Crippen LogP contribution in [-0.2, 0) is 6.54 Å². The fourth-order valence-corrected chi connectivity index (χ4v) is 3.79. The zero-order chi connectivity index (χ0) is 15.1. The van der Waals surface area contributed by atoms with Gasteiger partial charge in [-0.15, -0.1) is 11.3 Å². The largest absolute Gasteiger partial charge is 0.382 e. The van der Waals surface area contributed by atoms with Gasteiger partial charge in [-0.2, -0.15) is 0 Å². The second-order valence-corrected chi connectivity index (χ2v) is 6.50. The minimum Gasteiger partial charge on any atom is -0.382 e. The highest BCUT2D eigenvalue weighted by Gasteiger charge is 2.29. The highest BCUT2D eigenvalue weighted by Crippen LogP contribution is 2.33. The van der Waals surface area contributed by atoms with E-state index >= 15 is 0 Å². The van der Waals surface area contributed by atoms with Crippen molar-refractivity contribution in [2.24, 2.45) is 0 Å². The van der Waals surface area contributed by atoms with Crippen LogP contribution in [0.5, 0.6) is 0 Å². The van der Waals surface area contributed by atoms with Crippen molar-refractivity contribution < 1.29 is 0 Å². The Balaban J connectivity index is 1.65. The summed E-state index contributed by atoms with van der Waals surface area (Å²) in [5, 5.41) is 0. The summed E-state index contributed by atoms with van der Waals surface area (Å²) in [5.41, 5.74) is 10.4. The molecule has 4 heterocycles. The lowest BCUT2D eigenvalue weighted by Crippen LogP contribution is -2.24. The highest BCUT2D eigenvalue weighted by atomic mass is 32.1. The zero-order valence-corrected chi connectivity index (χ0v) is 13.1. The van der Waals surface area contributed by atoms with E-state index in [1.54, 1.807) is 17.7 Å². The molecule has 0 aliphatic carbocycles. The fourth-order valence-electron chi connectivity index (χ4n) is 2.99. The standard InChI is InChI=1S/C14H17N7S/c1-8-10(22-7-18-8)5-21-4-2-3-9(21)13-19-12(15)11-14(20-13)17-6-16-11/h6-7,9H,2-5H2,1H3,(H3,15,16,17,19,20). The summed E-state index contributed by atoms with van der Waals surface area (Å²) in [6, 6.07) is 0.199. The molecule has 1 aliphatic rings. The summed E-state index contributed by atoms with van der Waals surface area (Å²) in [6.07, 6.45) is 3.80. The Morgan fingerprint density at radius 1 is 1.41 bits per heavy atom. The molecule has 3 N–H and O–H groups in total. The maximum Gasteiger partial charge on any atom is 0.183 e. The molecule has 0 aromatic carbocycles. The van der Waals surface area contributed by atoms with Gasteiger partial charge in [-0.05, 0) is 26.3 Å². The van der Waals surface area contributed by atoms with Crippen LogP contribution in [0.15, 0.2) is 11.8 Å². The Hall–Kier alpha value is -2.06. The summed E-state index contributed by atoms with van der Waals surface area (Å²) < 4.78 is 0. The van der Waals surface area contributed by atoms with Crippen LogP contribution in [0.1, 0.15) is 35.3 Å². The molecule has 4 rings (SSSR count). The number of hydrogen-bond acceptors (Lipinski definition) is 7. The third kappa shape index (κ3) is 2.24. The van der Waals surface area contributed by atoms with E-state index in [2.05, 4.69) is 36.7 Å². The number of anilines is 1. The van der Waals surface area contributed by atoms with Gasteiger partial charge in [-0.25, -0.2) is 19.9 Å². The molecule has 0 bridgehead atoms. The van der Waals surface area contributed by atoms with Crippen LogP contribution in [0.4, 0.5) is 5.82 Å². The van der Waals surface area contributed by atoms with Crippen molar-refractivity contribution in [3.05, 3.63) is 28.2 Å². The average molecular weight is 315 g/mol. The zero-order valence-electron chi connectivity index (χ0n) is 12.3. The third-order valence-electron chi connectivity index (χ3n) is 4.18. The number of nitrogens with one attached hydrogen (secondary N) is 1. The van der Waals surface area contributed by atoms with Gasteiger partial charge in [0.2, 0.25) is 0 Å². The summed E-state index contributed by atoms with van der Waals surface area (Å²) >= 11 is 1.71. The first-order chi connectivity index (χ1) is 10.7. The summed E-state index contributed by atoms with van der Waals surface area (Å²) in [6.45, 7) is 3.99. The molecule has 1 fully saturated rings. The van der Waals surface area contributed by atoms with E-state index in [9.17, 15) is 0 Å². The van der Waals surface area contributed by atoms with Crippen LogP contribution in [0.2, 0.25) is 0 Å². The van der Waals surface area contributed by atoms with Crippen molar-refractivity contribution in [2.45, 2.75) is 32.4 Å². The van der Waals surface area contributed by atoms with Crippen LogP contribution in [0, 0.1) is 6.92 Å². The number of nitrogens with zero attached hydrogens (tertiary/aromatic N) is 5. The van der Waals surface area contributed by atoms with E-state index in [0.29, 0.717) is 17.0 Å². The summed E-state index contributed by atoms with van der Waals surface area (Å²) in [5.74, 6) is 1.25. The van der Waals surface area contributed by atoms with Crippen molar-refractivity contribution >= 4 is 28.3 Å². The lowest BCUT2D eigenvalue weighted by atomic mass is 10.2. The number of nitrogens with two attached hydrogens (primary N) is 1. The Kier molecular flexibility index (Phi) is 3.27. The van der Waals surface area contributed by atoms with E-state index in [1.807, 2.05) is 5.51 Å². The molecule has 1 atom stereocenters. The van der Waals surface area contributed by atoms with Crippen molar-refractivity contribution in [1.82, 2.24) is 29.8 Å². The molecule has 3 aromatic heterocycles. The molecule has 0 radical (unpaired) electrons. The second-order valence-electron chi connectivity index (χ2n) is 5.56. The van der Waals surface area contributed by atoms with Gasteiger partial charge in [0.25, 0.3) is 0 Å². The molecule has 1 unspecified atom stereocenters. The van der Waals surface area contributed by atoms with Crippen molar-refractivity contribution in [3.8, 4) is 0 Å². The number of H-pyrrole nitrogens is 1. The molecule has 0 saturated carbocycles. The third-order valence-corrected chi connectivity index (χ3v) is 5.10. The first-order valence-corrected chi connectivity index (χ1v) is 8.20. The first kappa shape index (κ1) is 13.6. The number of hydrogen-bond donors (Lipinski definition) is 2. The Morgan fingerprint density at radius 2 is 2.32 bits per heavy atom. The molecular formula is C14H17N7S. The van der Waals surface area contributed by atoms with Crippen LogP contribution < -0.4 is 5.73 Å². The van der Waals surface area contributed by atoms with Gasteiger partial charge in [0.1, 0.15) is 5.52 Å². The molecular weight excluding hydrogens is 298 g/mol. The predicted octanol–water partition coefficient (Wildman–Crippen LogP) is 2.04. The number of aromatic nitrogens is 5. The number of imidazole rings is 1. The summed E-state index contributed by atoms with van der Waals surface area (Å²) in [7, 11) is 0. The second kappa shape index (κ2) is 5.29. The normalized spacial score (nSPS) is 19.2. The highest BCUT2D eigenvalue weighted by molar-refractivity contribution is 7.09. The lowest BCUT2D eigenvalue weighted by Gasteiger charge is -2.22. The van der Waals surface area contributed by atoms with E-state index in [-0.39, 0.29) is 6.04 Å². The Morgan fingerprint density at radius 3 is 3.14 bits per heavy atom. The fraction of sp³-hybridized carbons (Fsp3) is 0.429. The van der Waals surface area contributed by atoms with Gasteiger partial charge in [0.05, 0.1) is 23.6 Å². The van der Waals surface area contributed by atoms with Gasteiger partial charge in [-0.3, -0.25) is 4.90 Å². The number of likely N-dealkylation sites (tertiary alicyclic amines) is 1. The molecule has 114 valence electrons. The molecule has 7 nitrogen and oxygen atoms in total. The molecule has 0 spiro atoms. The van der Waals surface area contributed by atoms with E-state index < -0.39 is 0 Å². The first-order valence-electron chi connectivity index (χ1n) is 7.32. The smallest absolute Gasteiger partial charge is 0.183 e. The van der Waals surface area contributed by atoms with Crippen molar-refractivity contribution in [2.75, 3.05) is 12.3 Å². The van der Waals surface area contributed by atoms with Crippen molar-refractivity contribution in [3.63, 3.8) is 0 Å². The minimum atomic E-state index is 0.199. The molecule has 3 aromatic rings. The lowest BCUT2D eigenvalue weighted by molar-refractivity contribution is 0.242. The van der Waals surface area contributed by atoms with Gasteiger partial charge >= 0.3 is 0 Å². The molecule has 1 saturated heterocycles. The summed E-state index contributed by atoms with van der Waals surface area (Å²) in [4.78, 5) is 24.3. The maximum atomic E-state index is 6.03. The van der Waals surface area contributed by atoms with Crippen LogP contribution in [-0.4, -0.2) is 36.4 Å².